The van der Waals surface area contributed by atoms with Crippen molar-refractivity contribution in [3.05, 3.63) is 87.6 Å². The third-order valence-electron chi connectivity index (χ3n) is 4.71. The summed E-state index contributed by atoms with van der Waals surface area (Å²) in [7, 11) is 0. The molecule has 0 aliphatic rings. The van der Waals surface area contributed by atoms with Crippen molar-refractivity contribution in [1.82, 2.24) is 14.8 Å². The molecule has 1 N–H and O–H groups in total. The number of rotatable bonds is 8. The monoisotopic (exact) mass is 483 g/mol. The normalized spacial score (nSPS) is 11.8. The summed E-state index contributed by atoms with van der Waals surface area (Å²) in [6.45, 7) is 2.22. The minimum Gasteiger partial charge on any atom is -0.461 e. The maximum atomic E-state index is 12.8. The third kappa shape index (κ3) is 5.24. The van der Waals surface area contributed by atoms with E-state index in [1.165, 1.54) is 30.0 Å². The number of hydrogen-bond donors (Lipinski definition) is 1. The molecular formula is C22H18ClN5O4S. The van der Waals surface area contributed by atoms with E-state index in [-0.39, 0.29) is 16.6 Å². The van der Waals surface area contributed by atoms with Crippen LogP contribution in [0.5, 0.6) is 0 Å². The van der Waals surface area contributed by atoms with Gasteiger partial charge in [-0.05, 0) is 30.7 Å². The summed E-state index contributed by atoms with van der Waals surface area (Å²) in [5.41, 5.74) is 1.18. The smallest absolute Gasteiger partial charge is 0.271 e. The van der Waals surface area contributed by atoms with E-state index in [0.29, 0.717) is 29.0 Å². The minimum absolute atomic E-state index is 0.0853. The number of hydrogen-bond acceptors (Lipinski definition) is 7. The van der Waals surface area contributed by atoms with Gasteiger partial charge in [-0.1, -0.05) is 53.7 Å². The zero-order valence-electron chi connectivity index (χ0n) is 17.3. The van der Waals surface area contributed by atoms with Gasteiger partial charge in [-0.15, -0.1) is 10.2 Å². The van der Waals surface area contributed by atoms with Crippen LogP contribution in [0.15, 0.2) is 76.5 Å². The largest absolute Gasteiger partial charge is 0.461 e. The molecule has 2 aromatic heterocycles. The van der Waals surface area contributed by atoms with Crippen molar-refractivity contribution in [2.75, 3.05) is 5.32 Å². The van der Waals surface area contributed by atoms with Gasteiger partial charge in [0.05, 0.1) is 33.7 Å². The van der Waals surface area contributed by atoms with Gasteiger partial charge in [0.15, 0.2) is 10.9 Å². The molecule has 0 bridgehead atoms. The van der Waals surface area contributed by atoms with Gasteiger partial charge in [0.1, 0.15) is 0 Å². The number of furan rings is 1. The van der Waals surface area contributed by atoms with E-state index in [1.54, 1.807) is 25.3 Å². The number of amides is 1. The van der Waals surface area contributed by atoms with E-state index in [0.717, 1.165) is 5.56 Å². The van der Waals surface area contributed by atoms with Gasteiger partial charge in [0, 0.05) is 12.1 Å². The van der Waals surface area contributed by atoms with Crippen molar-refractivity contribution < 1.29 is 14.1 Å². The predicted octanol–water partition coefficient (Wildman–Crippen LogP) is 5.27. The van der Waals surface area contributed by atoms with Crippen molar-refractivity contribution in [3.8, 4) is 11.6 Å². The van der Waals surface area contributed by atoms with Crippen LogP contribution in [0.1, 0.15) is 12.5 Å². The Kier molecular flexibility index (Phi) is 6.76. The van der Waals surface area contributed by atoms with Crippen LogP contribution in [-0.4, -0.2) is 30.8 Å². The number of non-ortho nitro benzene ring substituents is 1. The Balaban J connectivity index is 1.54. The Bertz CT molecular complexity index is 1280. The second-order valence-electron chi connectivity index (χ2n) is 7.03. The predicted molar refractivity (Wildman–Crippen MR) is 125 cm³/mol. The lowest BCUT2D eigenvalue weighted by atomic mass is 10.2. The first-order valence-electron chi connectivity index (χ1n) is 9.85. The van der Waals surface area contributed by atoms with Gasteiger partial charge >= 0.3 is 0 Å². The van der Waals surface area contributed by atoms with E-state index in [2.05, 4.69) is 15.5 Å². The summed E-state index contributed by atoms with van der Waals surface area (Å²) >= 11 is 7.33. The average Bonchev–Trinajstić information content (AvgIpc) is 3.46. The lowest BCUT2D eigenvalue weighted by Crippen LogP contribution is -2.23. The highest BCUT2D eigenvalue weighted by molar-refractivity contribution is 8.00. The summed E-state index contributed by atoms with van der Waals surface area (Å²) in [6, 6.07) is 17.3. The van der Waals surface area contributed by atoms with Gasteiger partial charge < -0.3 is 9.73 Å². The Morgan fingerprint density at radius 3 is 2.67 bits per heavy atom. The zero-order chi connectivity index (χ0) is 23.4. The van der Waals surface area contributed by atoms with Crippen LogP contribution >= 0.6 is 23.4 Å². The molecule has 2 heterocycles. The van der Waals surface area contributed by atoms with Gasteiger partial charge in [0.2, 0.25) is 11.7 Å². The van der Waals surface area contributed by atoms with Gasteiger partial charge in [-0.3, -0.25) is 19.5 Å². The van der Waals surface area contributed by atoms with Crippen LogP contribution in [0.25, 0.3) is 11.6 Å². The molecule has 0 radical (unpaired) electrons. The lowest BCUT2D eigenvalue weighted by molar-refractivity contribution is -0.384. The molecule has 1 atom stereocenters. The number of nitro groups is 1. The molecule has 4 rings (SSSR count). The molecule has 0 fully saturated rings. The van der Waals surface area contributed by atoms with Crippen molar-refractivity contribution in [3.63, 3.8) is 0 Å². The Morgan fingerprint density at radius 1 is 1.21 bits per heavy atom. The molecule has 168 valence electrons. The van der Waals surface area contributed by atoms with E-state index in [4.69, 9.17) is 16.0 Å². The standard InChI is InChI=1S/C22H18ClN5O4S/c1-14(21(29)24-18-10-9-16(28(30)31)12-17(18)23)33-22-26-25-20(19-8-5-11-32-19)27(22)13-15-6-3-2-4-7-15/h2-12,14H,13H2,1H3,(H,24,29)/t14-/m1/s1. The molecule has 11 heteroatoms. The zero-order valence-corrected chi connectivity index (χ0v) is 18.9. The van der Waals surface area contributed by atoms with Crippen molar-refractivity contribution in [1.29, 1.82) is 0 Å². The number of aromatic nitrogens is 3. The molecule has 0 saturated carbocycles. The molecule has 0 aliphatic carbocycles. The highest BCUT2D eigenvalue weighted by Crippen LogP contribution is 2.30. The number of carbonyl (C=O) groups excluding carboxylic acids is 1. The topological polar surface area (TPSA) is 116 Å². The minimum atomic E-state index is -0.556. The molecule has 1 amide bonds. The number of carbonyl (C=O) groups is 1. The van der Waals surface area contributed by atoms with E-state index >= 15 is 0 Å². The fraction of sp³-hybridized carbons (Fsp3) is 0.136. The van der Waals surface area contributed by atoms with Crippen molar-refractivity contribution in [2.45, 2.75) is 23.9 Å². The van der Waals surface area contributed by atoms with Crippen molar-refractivity contribution >= 4 is 40.6 Å². The number of nitrogens with one attached hydrogen (secondary N) is 1. The molecule has 0 unspecified atom stereocenters. The fourth-order valence-corrected chi connectivity index (χ4v) is 4.11. The van der Waals surface area contributed by atoms with Crippen molar-refractivity contribution in [2.24, 2.45) is 0 Å². The summed E-state index contributed by atoms with van der Waals surface area (Å²) in [6.07, 6.45) is 1.56. The number of halogens is 1. The number of nitro benzene ring substituents is 1. The van der Waals surface area contributed by atoms with Gasteiger partial charge in [0.25, 0.3) is 5.69 Å². The molecular weight excluding hydrogens is 466 g/mol. The Labute approximate surface area is 197 Å². The maximum absolute atomic E-state index is 12.8. The second kappa shape index (κ2) is 9.88. The Hall–Kier alpha value is -3.63. The molecule has 0 spiro atoms. The quantitative estimate of drug-likeness (QED) is 0.206. The van der Waals surface area contributed by atoms with Crippen LogP contribution in [-0.2, 0) is 11.3 Å². The summed E-state index contributed by atoms with van der Waals surface area (Å²) < 4.78 is 7.40. The molecule has 0 aliphatic heterocycles. The first-order valence-corrected chi connectivity index (χ1v) is 11.1. The van der Waals surface area contributed by atoms with Crippen LogP contribution in [0.3, 0.4) is 0 Å². The molecule has 9 nitrogen and oxygen atoms in total. The molecule has 2 aromatic carbocycles. The van der Waals surface area contributed by atoms with E-state index < -0.39 is 10.2 Å². The summed E-state index contributed by atoms with van der Waals surface area (Å²) in [5, 5.41) is 22.2. The van der Waals surface area contributed by atoms with Crippen LogP contribution < -0.4 is 5.32 Å². The fourth-order valence-electron chi connectivity index (χ4n) is 3.04. The first kappa shape index (κ1) is 22.6. The molecule has 33 heavy (non-hydrogen) atoms. The molecule has 0 saturated heterocycles. The second-order valence-corrected chi connectivity index (χ2v) is 8.74. The lowest BCUT2D eigenvalue weighted by Gasteiger charge is -2.14. The third-order valence-corrected chi connectivity index (χ3v) is 6.11. The number of anilines is 1. The average molecular weight is 484 g/mol. The van der Waals surface area contributed by atoms with Crippen LogP contribution in [0.4, 0.5) is 11.4 Å². The maximum Gasteiger partial charge on any atom is 0.271 e. The number of benzene rings is 2. The number of nitrogens with zero attached hydrogens (tertiary/aromatic N) is 4. The number of thioether (sulfide) groups is 1. The van der Waals surface area contributed by atoms with Gasteiger partial charge in [-0.25, -0.2) is 0 Å². The van der Waals surface area contributed by atoms with Gasteiger partial charge in [-0.2, -0.15) is 0 Å². The highest BCUT2D eigenvalue weighted by atomic mass is 35.5. The van der Waals surface area contributed by atoms with Crippen LogP contribution in [0, 0.1) is 10.1 Å². The van der Waals surface area contributed by atoms with Crippen LogP contribution in [0.2, 0.25) is 5.02 Å². The SMILES string of the molecule is C[C@@H](Sc1nnc(-c2ccco2)n1Cc1ccccc1)C(=O)Nc1ccc([N+](=O)[O-])cc1Cl. The first-order chi connectivity index (χ1) is 15.9. The summed E-state index contributed by atoms with van der Waals surface area (Å²) in [4.78, 5) is 23.1. The Morgan fingerprint density at radius 2 is 2.00 bits per heavy atom. The molecule has 4 aromatic rings. The summed E-state index contributed by atoms with van der Waals surface area (Å²) in [5.74, 6) is 0.794. The highest BCUT2D eigenvalue weighted by Gasteiger charge is 2.23. The van der Waals surface area contributed by atoms with E-state index in [9.17, 15) is 14.9 Å². The van der Waals surface area contributed by atoms with E-state index in [1.807, 2.05) is 34.9 Å².